The molecule has 0 saturated heterocycles. The molecule has 1 aromatic carbocycles. The van der Waals surface area contributed by atoms with Crippen molar-refractivity contribution in [3.8, 4) is 0 Å². The minimum Gasteiger partial charge on any atom is -0.373 e. The van der Waals surface area contributed by atoms with Crippen LogP contribution in [0.3, 0.4) is 0 Å². The number of aromatic nitrogens is 1. The van der Waals surface area contributed by atoms with Gasteiger partial charge in [0, 0.05) is 11.6 Å². The van der Waals surface area contributed by atoms with E-state index in [9.17, 15) is 10.1 Å². The molecule has 2 aromatic rings. The smallest absolute Gasteiger partial charge is 0.292 e. The molecule has 0 spiro atoms. The van der Waals surface area contributed by atoms with Gasteiger partial charge >= 0.3 is 0 Å². The molecule has 0 aliphatic carbocycles. The second-order valence-electron chi connectivity index (χ2n) is 4.88. The molecule has 6 nitrogen and oxygen atoms in total. The summed E-state index contributed by atoms with van der Waals surface area (Å²) in [5, 5.41) is 18.1. The van der Waals surface area contributed by atoms with E-state index in [4.69, 9.17) is 4.52 Å². The minimum absolute atomic E-state index is 0.0641. The second kappa shape index (κ2) is 5.32. The van der Waals surface area contributed by atoms with Crippen LogP contribution in [0.25, 0.3) is 0 Å². The molecule has 0 aliphatic heterocycles. The Morgan fingerprint density at radius 2 is 2.05 bits per heavy atom. The summed E-state index contributed by atoms with van der Waals surface area (Å²) in [4.78, 5) is 10.7. The maximum Gasteiger partial charge on any atom is 0.292 e. The van der Waals surface area contributed by atoms with Gasteiger partial charge in [-0.3, -0.25) is 10.1 Å². The molecule has 0 saturated carbocycles. The van der Waals surface area contributed by atoms with Crippen molar-refractivity contribution in [2.24, 2.45) is 0 Å². The normalized spacial score (nSPS) is 12.2. The van der Waals surface area contributed by atoms with E-state index in [2.05, 4.69) is 10.5 Å². The van der Waals surface area contributed by atoms with Gasteiger partial charge in [-0.05, 0) is 39.3 Å². The van der Waals surface area contributed by atoms with Gasteiger partial charge in [-0.25, -0.2) is 0 Å². The molecule has 0 aliphatic rings. The lowest BCUT2D eigenvalue weighted by atomic mass is 10.1. The highest BCUT2D eigenvalue weighted by Crippen LogP contribution is 2.31. The van der Waals surface area contributed by atoms with Crippen LogP contribution in [0.4, 0.5) is 11.4 Å². The van der Waals surface area contributed by atoms with E-state index in [-0.39, 0.29) is 16.7 Å². The van der Waals surface area contributed by atoms with Crippen molar-refractivity contribution in [1.29, 1.82) is 0 Å². The van der Waals surface area contributed by atoms with Gasteiger partial charge in [-0.15, -0.1) is 0 Å². The molecule has 1 atom stereocenters. The fourth-order valence-corrected chi connectivity index (χ4v) is 2.34. The Balaban J connectivity index is 2.35. The SMILES string of the molecule is Cc1ccc([N+](=O)[O-])c(NC(C)c2c(C)noc2C)c1. The molecule has 0 bridgehead atoms. The highest BCUT2D eigenvalue weighted by atomic mass is 16.6. The van der Waals surface area contributed by atoms with E-state index < -0.39 is 0 Å². The van der Waals surface area contributed by atoms with E-state index in [1.165, 1.54) is 6.07 Å². The van der Waals surface area contributed by atoms with E-state index in [1.807, 2.05) is 27.7 Å². The van der Waals surface area contributed by atoms with Crippen LogP contribution in [0.5, 0.6) is 0 Å². The number of hydrogen-bond donors (Lipinski definition) is 1. The number of nitrogens with zero attached hydrogens (tertiary/aromatic N) is 2. The van der Waals surface area contributed by atoms with Crippen LogP contribution in [0.1, 0.15) is 35.5 Å². The van der Waals surface area contributed by atoms with Crippen LogP contribution in [0.2, 0.25) is 0 Å². The molecule has 0 amide bonds. The molecule has 1 N–H and O–H groups in total. The Kier molecular flexibility index (Phi) is 3.74. The fourth-order valence-electron chi connectivity index (χ4n) is 2.34. The van der Waals surface area contributed by atoms with Gasteiger partial charge in [0.15, 0.2) is 0 Å². The molecule has 6 heteroatoms. The molecule has 0 radical (unpaired) electrons. The quantitative estimate of drug-likeness (QED) is 0.680. The Bertz CT molecular complexity index is 630. The predicted octanol–water partition coefficient (Wildman–Crippen LogP) is 3.68. The lowest BCUT2D eigenvalue weighted by Gasteiger charge is -2.15. The zero-order valence-corrected chi connectivity index (χ0v) is 11.9. The summed E-state index contributed by atoms with van der Waals surface area (Å²) in [5.74, 6) is 0.720. The molecule has 1 unspecified atom stereocenters. The number of rotatable bonds is 4. The van der Waals surface area contributed by atoms with Gasteiger partial charge in [0.25, 0.3) is 5.69 Å². The van der Waals surface area contributed by atoms with Crippen LogP contribution in [-0.2, 0) is 0 Å². The molecule has 106 valence electrons. The average molecular weight is 275 g/mol. The van der Waals surface area contributed by atoms with E-state index >= 15 is 0 Å². The molecule has 1 heterocycles. The van der Waals surface area contributed by atoms with Crippen LogP contribution in [0, 0.1) is 30.9 Å². The molecule has 0 fully saturated rings. The van der Waals surface area contributed by atoms with Gasteiger partial charge in [-0.2, -0.15) is 0 Å². The van der Waals surface area contributed by atoms with Crippen LogP contribution < -0.4 is 5.32 Å². The second-order valence-corrected chi connectivity index (χ2v) is 4.88. The molecular formula is C14H17N3O3. The summed E-state index contributed by atoms with van der Waals surface area (Å²) < 4.78 is 5.13. The predicted molar refractivity (Wildman–Crippen MR) is 75.8 cm³/mol. The Labute approximate surface area is 116 Å². The number of anilines is 1. The highest BCUT2D eigenvalue weighted by molar-refractivity contribution is 5.63. The zero-order chi connectivity index (χ0) is 14.9. The van der Waals surface area contributed by atoms with Crippen molar-refractivity contribution in [1.82, 2.24) is 5.16 Å². The monoisotopic (exact) mass is 275 g/mol. The van der Waals surface area contributed by atoms with E-state index in [0.29, 0.717) is 5.69 Å². The number of nitro groups is 1. The summed E-state index contributed by atoms with van der Waals surface area (Å²) in [6.07, 6.45) is 0. The van der Waals surface area contributed by atoms with Gasteiger partial charge in [0.1, 0.15) is 11.4 Å². The van der Waals surface area contributed by atoms with Gasteiger partial charge in [0.05, 0.1) is 16.7 Å². The average Bonchev–Trinajstić information content (AvgIpc) is 2.68. The van der Waals surface area contributed by atoms with E-state index in [1.54, 1.807) is 12.1 Å². The van der Waals surface area contributed by atoms with Crippen molar-refractivity contribution in [3.63, 3.8) is 0 Å². The third-order valence-electron chi connectivity index (χ3n) is 3.24. The number of hydrogen-bond acceptors (Lipinski definition) is 5. The summed E-state index contributed by atoms with van der Waals surface area (Å²) in [7, 11) is 0. The van der Waals surface area contributed by atoms with Crippen molar-refractivity contribution in [3.05, 3.63) is 50.9 Å². The Morgan fingerprint density at radius 3 is 2.60 bits per heavy atom. The number of nitrogens with one attached hydrogen (secondary N) is 1. The first-order chi connectivity index (χ1) is 9.40. The van der Waals surface area contributed by atoms with Crippen LogP contribution in [0.15, 0.2) is 22.7 Å². The maximum atomic E-state index is 11.1. The van der Waals surface area contributed by atoms with Crippen molar-refractivity contribution < 1.29 is 9.45 Å². The first-order valence-corrected chi connectivity index (χ1v) is 6.34. The summed E-state index contributed by atoms with van der Waals surface area (Å²) >= 11 is 0. The Hall–Kier alpha value is -2.37. The number of nitro benzene ring substituents is 1. The summed E-state index contributed by atoms with van der Waals surface area (Å²) in [5.41, 5.74) is 3.25. The summed E-state index contributed by atoms with van der Waals surface area (Å²) in [6.45, 7) is 7.51. The van der Waals surface area contributed by atoms with Gasteiger partial charge in [-0.1, -0.05) is 11.2 Å². The largest absolute Gasteiger partial charge is 0.373 e. The first-order valence-electron chi connectivity index (χ1n) is 6.34. The van der Waals surface area contributed by atoms with Crippen LogP contribution >= 0.6 is 0 Å². The van der Waals surface area contributed by atoms with Crippen molar-refractivity contribution in [2.45, 2.75) is 33.7 Å². The van der Waals surface area contributed by atoms with Gasteiger partial charge < -0.3 is 9.84 Å². The zero-order valence-electron chi connectivity index (χ0n) is 11.9. The third kappa shape index (κ3) is 2.64. The minimum atomic E-state index is -0.387. The fraction of sp³-hybridized carbons (Fsp3) is 0.357. The maximum absolute atomic E-state index is 11.1. The van der Waals surface area contributed by atoms with E-state index in [0.717, 1.165) is 22.6 Å². The number of benzene rings is 1. The number of aryl methyl sites for hydroxylation is 3. The van der Waals surface area contributed by atoms with Gasteiger partial charge in [0.2, 0.25) is 0 Å². The molecule has 1 aromatic heterocycles. The standard InChI is InChI=1S/C14H17N3O3/c1-8-5-6-13(17(18)19)12(7-8)15-9(2)14-10(3)16-20-11(14)4/h5-7,9,15H,1-4H3. The Morgan fingerprint density at radius 1 is 1.35 bits per heavy atom. The lowest BCUT2D eigenvalue weighted by Crippen LogP contribution is -2.10. The first kappa shape index (κ1) is 14.0. The van der Waals surface area contributed by atoms with Crippen molar-refractivity contribution in [2.75, 3.05) is 5.32 Å². The lowest BCUT2D eigenvalue weighted by molar-refractivity contribution is -0.384. The molecular weight excluding hydrogens is 258 g/mol. The topological polar surface area (TPSA) is 81.2 Å². The summed E-state index contributed by atoms with van der Waals surface area (Å²) in [6, 6.07) is 4.88. The third-order valence-corrected chi connectivity index (χ3v) is 3.24. The van der Waals surface area contributed by atoms with Crippen LogP contribution in [-0.4, -0.2) is 10.1 Å². The molecule has 2 rings (SSSR count). The highest BCUT2D eigenvalue weighted by Gasteiger charge is 2.20. The molecule has 20 heavy (non-hydrogen) atoms. The van der Waals surface area contributed by atoms with Crippen molar-refractivity contribution >= 4 is 11.4 Å².